The Labute approximate surface area is 155 Å². The monoisotopic (exact) mass is 372 g/mol. The van der Waals surface area contributed by atoms with Gasteiger partial charge in [-0.25, -0.2) is 4.98 Å². The first-order chi connectivity index (χ1) is 12.5. The van der Waals surface area contributed by atoms with Crippen LogP contribution in [0, 0.1) is 13.8 Å². The molecule has 1 N–H and O–H groups in total. The lowest BCUT2D eigenvalue weighted by atomic mass is 10.1. The van der Waals surface area contributed by atoms with Gasteiger partial charge in [-0.1, -0.05) is 11.3 Å². The molecule has 0 fully saturated rings. The van der Waals surface area contributed by atoms with Crippen LogP contribution in [0.25, 0.3) is 10.2 Å². The van der Waals surface area contributed by atoms with E-state index >= 15 is 0 Å². The van der Waals surface area contributed by atoms with Crippen molar-refractivity contribution in [1.29, 1.82) is 0 Å². The number of aryl methyl sites for hydroxylation is 2. The van der Waals surface area contributed by atoms with E-state index in [9.17, 15) is 4.79 Å². The van der Waals surface area contributed by atoms with E-state index in [0.29, 0.717) is 27.9 Å². The fourth-order valence-corrected chi connectivity index (χ4v) is 3.56. The number of hydrogen-bond donors (Lipinski definition) is 1. The number of carbonyl (C=O) groups excluding carboxylic acids is 1. The van der Waals surface area contributed by atoms with Crippen LogP contribution >= 0.6 is 11.3 Å². The van der Waals surface area contributed by atoms with Crippen molar-refractivity contribution in [2.45, 2.75) is 13.8 Å². The Balaban J connectivity index is 1.92. The summed E-state index contributed by atoms with van der Waals surface area (Å²) in [6, 6.07) is 7.32. The summed E-state index contributed by atoms with van der Waals surface area (Å²) in [5.74, 6) is 0.995. The fraction of sp³-hybridized carbons (Fsp3) is 0.263. The summed E-state index contributed by atoms with van der Waals surface area (Å²) in [6.45, 7) is 4.10. The van der Waals surface area contributed by atoms with Gasteiger partial charge in [0.2, 0.25) is 5.75 Å². The quantitative estimate of drug-likeness (QED) is 0.727. The zero-order chi connectivity index (χ0) is 18.8. The van der Waals surface area contributed by atoms with Gasteiger partial charge in [-0.3, -0.25) is 10.1 Å². The lowest BCUT2D eigenvalue weighted by molar-refractivity contribution is 0.102. The van der Waals surface area contributed by atoms with Crippen LogP contribution in [-0.2, 0) is 0 Å². The molecular formula is C19H20N2O4S. The van der Waals surface area contributed by atoms with Crippen molar-refractivity contribution in [3.63, 3.8) is 0 Å². The summed E-state index contributed by atoms with van der Waals surface area (Å²) in [6.07, 6.45) is 0. The van der Waals surface area contributed by atoms with Crippen molar-refractivity contribution >= 4 is 32.6 Å². The highest BCUT2D eigenvalue weighted by atomic mass is 32.1. The number of benzene rings is 2. The van der Waals surface area contributed by atoms with Gasteiger partial charge in [0, 0.05) is 5.56 Å². The molecule has 136 valence electrons. The van der Waals surface area contributed by atoms with Crippen LogP contribution in [0.5, 0.6) is 17.2 Å². The molecule has 0 unspecified atom stereocenters. The van der Waals surface area contributed by atoms with Crippen LogP contribution in [0.4, 0.5) is 5.13 Å². The number of carbonyl (C=O) groups is 1. The van der Waals surface area contributed by atoms with Gasteiger partial charge < -0.3 is 14.2 Å². The minimum atomic E-state index is -0.295. The average Bonchev–Trinajstić information content (AvgIpc) is 3.01. The molecule has 0 atom stereocenters. The van der Waals surface area contributed by atoms with E-state index in [0.717, 1.165) is 10.2 Å². The highest BCUT2D eigenvalue weighted by molar-refractivity contribution is 7.22. The molecule has 1 heterocycles. The Hall–Kier alpha value is -2.80. The minimum Gasteiger partial charge on any atom is -0.493 e. The first-order valence-corrected chi connectivity index (χ1v) is 8.77. The van der Waals surface area contributed by atoms with Gasteiger partial charge in [0.05, 0.1) is 31.5 Å². The number of nitrogens with zero attached hydrogens (tertiary/aromatic N) is 1. The molecule has 7 heteroatoms. The van der Waals surface area contributed by atoms with Gasteiger partial charge >= 0.3 is 0 Å². The molecule has 6 nitrogen and oxygen atoms in total. The third-order valence-corrected chi connectivity index (χ3v) is 5.08. The number of nitrogens with one attached hydrogen (secondary N) is 1. The molecule has 0 aliphatic heterocycles. The van der Waals surface area contributed by atoms with E-state index in [1.807, 2.05) is 13.0 Å². The van der Waals surface area contributed by atoms with Crippen molar-refractivity contribution in [3.05, 3.63) is 41.0 Å². The number of ether oxygens (including phenoxy) is 3. The lowest BCUT2D eigenvalue weighted by Crippen LogP contribution is -2.12. The molecule has 0 aliphatic rings. The van der Waals surface area contributed by atoms with Crippen LogP contribution in [0.1, 0.15) is 21.5 Å². The first-order valence-electron chi connectivity index (χ1n) is 7.96. The predicted molar refractivity (Wildman–Crippen MR) is 103 cm³/mol. The molecule has 0 aliphatic carbocycles. The first kappa shape index (κ1) is 18.0. The third kappa shape index (κ3) is 3.30. The average molecular weight is 372 g/mol. The van der Waals surface area contributed by atoms with Crippen molar-refractivity contribution in [2.24, 2.45) is 0 Å². The molecule has 26 heavy (non-hydrogen) atoms. The predicted octanol–water partition coefficient (Wildman–Crippen LogP) is 4.19. The second-order valence-corrected chi connectivity index (χ2v) is 6.82. The second kappa shape index (κ2) is 7.21. The van der Waals surface area contributed by atoms with Crippen molar-refractivity contribution < 1.29 is 19.0 Å². The zero-order valence-corrected chi connectivity index (χ0v) is 16.1. The molecule has 1 aromatic heterocycles. The zero-order valence-electron chi connectivity index (χ0n) is 15.3. The van der Waals surface area contributed by atoms with E-state index in [4.69, 9.17) is 14.2 Å². The number of amides is 1. The van der Waals surface area contributed by atoms with Crippen molar-refractivity contribution in [1.82, 2.24) is 4.98 Å². The second-order valence-electron chi connectivity index (χ2n) is 5.79. The summed E-state index contributed by atoms with van der Waals surface area (Å²) in [5.41, 5.74) is 3.64. The summed E-state index contributed by atoms with van der Waals surface area (Å²) in [5, 5.41) is 3.39. The number of hydrogen-bond acceptors (Lipinski definition) is 6. The number of aromatic nitrogens is 1. The maximum atomic E-state index is 12.7. The van der Waals surface area contributed by atoms with Crippen LogP contribution in [-0.4, -0.2) is 32.2 Å². The Kier molecular flexibility index (Phi) is 4.99. The number of fused-ring (bicyclic) bond motifs is 1. The highest BCUT2D eigenvalue weighted by Crippen LogP contribution is 2.38. The topological polar surface area (TPSA) is 69.7 Å². The fourth-order valence-electron chi connectivity index (χ4n) is 2.61. The molecule has 3 aromatic rings. The molecule has 0 spiro atoms. The van der Waals surface area contributed by atoms with Crippen LogP contribution in [0.15, 0.2) is 24.3 Å². The Morgan fingerprint density at radius 2 is 1.58 bits per heavy atom. The Bertz CT molecular complexity index is 917. The molecule has 0 radical (unpaired) electrons. The number of rotatable bonds is 5. The summed E-state index contributed by atoms with van der Waals surface area (Å²) in [7, 11) is 4.54. The van der Waals surface area contributed by atoms with Gasteiger partial charge in [0.1, 0.15) is 0 Å². The van der Waals surface area contributed by atoms with E-state index < -0.39 is 0 Å². The van der Waals surface area contributed by atoms with Crippen molar-refractivity contribution in [3.8, 4) is 17.2 Å². The molecular weight excluding hydrogens is 352 g/mol. The van der Waals surface area contributed by atoms with Gasteiger partial charge in [-0.15, -0.1) is 0 Å². The van der Waals surface area contributed by atoms with E-state index in [1.54, 1.807) is 12.1 Å². The normalized spacial score (nSPS) is 10.7. The number of anilines is 1. The van der Waals surface area contributed by atoms with Crippen LogP contribution in [0.2, 0.25) is 0 Å². The largest absolute Gasteiger partial charge is 0.493 e. The van der Waals surface area contributed by atoms with E-state index in [1.165, 1.54) is 43.8 Å². The standard InChI is InChI=1S/C19H20N2O4S/c1-10-6-13-16(7-11(10)2)26-19(20-13)21-18(22)12-8-14(23-3)17(25-5)15(9-12)24-4/h6-9H,1-5H3,(H,20,21,22). The van der Waals surface area contributed by atoms with Crippen LogP contribution in [0.3, 0.4) is 0 Å². The molecule has 0 saturated heterocycles. The maximum Gasteiger partial charge on any atom is 0.257 e. The SMILES string of the molecule is COc1cc(C(=O)Nc2nc3cc(C)c(C)cc3s2)cc(OC)c1OC. The summed E-state index contributed by atoms with van der Waals surface area (Å²) >= 11 is 1.44. The van der Waals surface area contributed by atoms with E-state index in [-0.39, 0.29) is 5.91 Å². The Morgan fingerprint density at radius 3 is 2.15 bits per heavy atom. The number of thiazole rings is 1. The molecule has 0 bridgehead atoms. The van der Waals surface area contributed by atoms with Crippen LogP contribution < -0.4 is 19.5 Å². The molecule has 1 amide bonds. The molecule has 3 rings (SSSR count). The lowest BCUT2D eigenvalue weighted by Gasteiger charge is -2.13. The van der Waals surface area contributed by atoms with Crippen molar-refractivity contribution in [2.75, 3.05) is 26.6 Å². The summed E-state index contributed by atoms with van der Waals surface area (Å²) in [4.78, 5) is 17.2. The van der Waals surface area contributed by atoms with Gasteiger partial charge in [-0.05, 0) is 49.2 Å². The maximum absolute atomic E-state index is 12.7. The highest BCUT2D eigenvalue weighted by Gasteiger charge is 2.18. The van der Waals surface area contributed by atoms with Gasteiger partial charge in [0.15, 0.2) is 16.6 Å². The smallest absolute Gasteiger partial charge is 0.257 e. The molecule has 0 saturated carbocycles. The minimum absolute atomic E-state index is 0.295. The third-order valence-electron chi connectivity index (χ3n) is 4.15. The summed E-state index contributed by atoms with van der Waals surface area (Å²) < 4.78 is 16.9. The van der Waals surface area contributed by atoms with Gasteiger partial charge in [-0.2, -0.15) is 0 Å². The van der Waals surface area contributed by atoms with Gasteiger partial charge in [0.25, 0.3) is 5.91 Å². The van der Waals surface area contributed by atoms with E-state index in [2.05, 4.69) is 23.3 Å². The molecule has 2 aromatic carbocycles. The number of methoxy groups -OCH3 is 3. The Morgan fingerprint density at radius 1 is 0.962 bits per heavy atom.